The minimum Gasteiger partial charge on any atom is -0.313 e. The molecule has 0 saturated heterocycles. The molecule has 2 heterocycles. The highest BCUT2D eigenvalue weighted by Gasteiger charge is 2.16. The van der Waals surface area contributed by atoms with E-state index >= 15 is 0 Å². The average molecular weight is 236 g/mol. The number of rotatable bonds is 4. The van der Waals surface area contributed by atoms with Crippen LogP contribution in [-0.4, -0.2) is 21.8 Å². The van der Waals surface area contributed by atoms with Gasteiger partial charge >= 0.3 is 0 Å². The molecule has 0 aliphatic carbocycles. The first-order valence-corrected chi connectivity index (χ1v) is 6.14. The highest BCUT2D eigenvalue weighted by Crippen LogP contribution is 2.21. The number of aromatic nitrogens is 3. The second-order valence-corrected chi connectivity index (χ2v) is 4.79. The maximum atomic E-state index is 4.37. The highest BCUT2D eigenvalue weighted by atomic mass is 32.1. The van der Waals surface area contributed by atoms with Crippen LogP contribution in [-0.2, 0) is 13.5 Å². The zero-order valence-electron chi connectivity index (χ0n) is 9.77. The van der Waals surface area contributed by atoms with Gasteiger partial charge in [-0.05, 0) is 14.0 Å². The standard InChI is InChI=1S/C11H16N4S/c1-8-9(7-15(3)14-8)10(12-2)6-11-13-4-5-16-11/h4-5,7,10,12H,6H2,1-3H3. The summed E-state index contributed by atoms with van der Waals surface area (Å²) in [6, 6.07) is 0.292. The Morgan fingerprint density at radius 3 is 2.88 bits per heavy atom. The van der Waals surface area contributed by atoms with Crippen LogP contribution in [0.1, 0.15) is 22.3 Å². The summed E-state index contributed by atoms with van der Waals surface area (Å²) in [7, 11) is 3.93. The van der Waals surface area contributed by atoms with Crippen molar-refractivity contribution in [2.24, 2.45) is 7.05 Å². The molecule has 0 bridgehead atoms. The molecule has 1 atom stereocenters. The molecule has 2 aromatic rings. The maximum Gasteiger partial charge on any atom is 0.0943 e. The van der Waals surface area contributed by atoms with E-state index in [9.17, 15) is 0 Å². The molecule has 0 spiro atoms. The Labute approximate surface area is 99.3 Å². The molecule has 0 radical (unpaired) electrons. The van der Waals surface area contributed by atoms with Gasteiger partial charge in [-0.15, -0.1) is 11.3 Å². The predicted molar refractivity (Wildman–Crippen MR) is 65.6 cm³/mol. The first kappa shape index (κ1) is 11.3. The summed E-state index contributed by atoms with van der Waals surface area (Å²) in [6.45, 7) is 2.04. The Hall–Kier alpha value is -1.20. The molecule has 5 heteroatoms. The number of nitrogens with zero attached hydrogens (tertiary/aromatic N) is 3. The predicted octanol–water partition coefficient (Wildman–Crippen LogP) is 1.69. The molecule has 0 amide bonds. The third-order valence-corrected chi connectivity index (χ3v) is 3.44. The fourth-order valence-corrected chi connectivity index (χ4v) is 2.52. The number of likely N-dealkylation sites (N-methyl/N-ethyl adjacent to an activating group) is 1. The van der Waals surface area contributed by atoms with Crippen LogP contribution < -0.4 is 5.32 Å². The van der Waals surface area contributed by atoms with E-state index in [0.29, 0.717) is 6.04 Å². The van der Waals surface area contributed by atoms with Gasteiger partial charge in [0.25, 0.3) is 0 Å². The molecule has 86 valence electrons. The van der Waals surface area contributed by atoms with Gasteiger partial charge in [-0.2, -0.15) is 5.10 Å². The van der Waals surface area contributed by atoms with E-state index in [4.69, 9.17) is 0 Å². The van der Waals surface area contributed by atoms with Crippen molar-refractivity contribution in [1.29, 1.82) is 0 Å². The van der Waals surface area contributed by atoms with Crippen molar-refractivity contribution in [2.45, 2.75) is 19.4 Å². The lowest BCUT2D eigenvalue weighted by Crippen LogP contribution is -2.19. The van der Waals surface area contributed by atoms with Crippen LogP contribution in [0.3, 0.4) is 0 Å². The van der Waals surface area contributed by atoms with E-state index in [1.54, 1.807) is 11.3 Å². The van der Waals surface area contributed by atoms with Crippen LogP contribution in [0, 0.1) is 6.92 Å². The minimum absolute atomic E-state index is 0.292. The van der Waals surface area contributed by atoms with Gasteiger partial charge in [0.05, 0.1) is 10.7 Å². The Balaban J connectivity index is 2.19. The number of aryl methyl sites for hydroxylation is 2. The fraction of sp³-hybridized carbons (Fsp3) is 0.455. The first-order chi connectivity index (χ1) is 7.70. The second-order valence-electron chi connectivity index (χ2n) is 3.81. The largest absolute Gasteiger partial charge is 0.313 e. The van der Waals surface area contributed by atoms with Crippen molar-refractivity contribution in [1.82, 2.24) is 20.1 Å². The third-order valence-electron chi connectivity index (χ3n) is 2.64. The van der Waals surface area contributed by atoms with Crippen LogP contribution in [0.5, 0.6) is 0 Å². The smallest absolute Gasteiger partial charge is 0.0943 e. The van der Waals surface area contributed by atoms with E-state index in [1.807, 2.05) is 37.3 Å². The molecule has 0 aromatic carbocycles. The third kappa shape index (κ3) is 2.31. The maximum absolute atomic E-state index is 4.37. The molecule has 0 saturated carbocycles. The molecule has 2 aromatic heterocycles. The van der Waals surface area contributed by atoms with E-state index in [0.717, 1.165) is 17.1 Å². The summed E-state index contributed by atoms with van der Waals surface area (Å²) in [5.41, 5.74) is 2.33. The van der Waals surface area contributed by atoms with Gasteiger partial charge in [-0.3, -0.25) is 4.68 Å². The SMILES string of the molecule is CNC(Cc1nccs1)c1cn(C)nc1C. The average Bonchev–Trinajstić information content (AvgIpc) is 2.85. The Morgan fingerprint density at radius 2 is 2.38 bits per heavy atom. The van der Waals surface area contributed by atoms with E-state index < -0.39 is 0 Å². The second kappa shape index (κ2) is 4.76. The molecule has 4 nitrogen and oxygen atoms in total. The zero-order chi connectivity index (χ0) is 11.5. The Morgan fingerprint density at radius 1 is 1.56 bits per heavy atom. The molecule has 1 unspecified atom stereocenters. The molecule has 2 rings (SSSR count). The van der Waals surface area contributed by atoms with Crippen LogP contribution in [0.4, 0.5) is 0 Å². The molecular formula is C11H16N4S. The van der Waals surface area contributed by atoms with E-state index in [2.05, 4.69) is 21.6 Å². The highest BCUT2D eigenvalue weighted by molar-refractivity contribution is 7.09. The van der Waals surface area contributed by atoms with Gasteiger partial charge < -0.3 is 5.32 Å². The number of hydrogen-bond acceptors (Lipinski definition) is 4. The molecule has 0 aliphatic heterocycles. The topological polar surface area (TPSA) is 42.7 Å². The lowest BCUT2D eigenvalue weighted by Gasteiger charge is -2.13. The molecule has 0 aliphatic rings. The lowest BCUT2D eigenvalue weighted by molar-refractivity contribution is 0.587. The summed E-state index contributed by atoms with van der Waals surface area (Å²) in [5, 5.41) is 10.9. The summed E-state index contributed by atoms with van der Waals surface area (Å²) in [5.74, 6) is 0. The van der Waals surface area contributed by atoms with Crippen LogP contribution in [0.15, 0.2) is 17.8 Å². The fourth-order valence-electron chi connectivity index (χ4n) is 1.86. The summed E-state index contributed by atoms with van der Waals surface area (Å²) < 4.78 is 1.86. The lowest BCUT2D eigenvalue weighted by atomic mass is 10.1. The van der Waals surface area contributed by atoms with Crippen molar-refractivity contribution >= 4 is 11.3 Å². The summed E-state index contributed by atoms with van der Waals surface area (Å²) in [6.07, 6.45) is 4.84. The van der Waals surface area contributed by atoms with E-state index in [1.165, 1.54) is 5.56 Å². The number of thiazole rings is 1. The first-order valence-electron chi connectivity index (χ1n) is 5.26. The summed E-state index contributed by atoms with van der Waals surface area (Å²) in [4.78, 5) is 4.32. The van der Waals surface area contributed by atoms with Crippen molar-refractivity contribution in [2.75, 3.05) is 7.05 Å². The quantitative estimate of drug-likeness (QED) is 0.878. The van der Waals surface area contributed by atoms with Gasteiger partial charge in [-0.1, -0.05) is 0 Å². The van der Waals surface area contributed by atoms with Gasteiger partial charge in [0.15, 0.2) is 0 Å². The molecule has 16 heavy (non-hydrogen) atoms. The summed E-state index contributed by atoms with van der Waals surface area (Å²) >= 11 is 1.70. The molecular weight excluding hydrogens is 220 g/mol. The number of nitrogens with one attached hydrogen (secondary N) is 1. The van der Waals surface area contributed by atoms with Crippen molar-refractivity contribution in [3.8, 4) is 0 Å². The Bertz CT molecular complexity index is 447. The van der Waals surface area contributed by atoms with Gasteiger partial charge in [0.1, 0.15) is 0 Å². The van der Waals surface area contributed by atoms with Crippen molar-refractivity contribution in [3.05, 3.63) is 34.0 Å². The van der Waals surface area contributed by atoms with Crippen LogP contribution in [0.25, 0.3) is 0 Å². The monoisotopic (exact) mass is 236 g/mol. The number of hydrogen-bond donors (Lipinski definition) is 1. The van der Waals surface area contributed by atoms with Crippen LogP contribution >= 0.6 is 11.3 Å². The van der Waals surface area contributed by atoms with Gasteiger partial charge in [-0.25, -0.2) is 4.98 Å². The Kier molecular flexibility index (Phi) is 3.36. The zero-order valence-corrected chi connectivity index (χ0v) is 10.6. The molecule has 1 N–H and O–H groups in total. The normalized spacial score (nSPS) is 12.9. The molecule has 0 fully saturated rings. The van der Waals surface area contributed by atoms with Crippen molar-refractivity contribution < 1.29 is 0 Å². The van der Waals surface area contributed by atoms with Crippen LogP contribution in [0.2, 0.25) is 0 Å². The van der Waals surface area contributed by atoms with Gasteiger partial charge in [0.2, 0.25) is 0 Å². The minimum atomic E-state index is 0.292. The van der Waals surface area contributed by atoms with Crippen molar-refractivity contribution in [3.63, 3.8) is 0 Å². The van der Waals surface area contributed by atoms with Gasteiger partial charge in [0, 0.05) is 42.8 Å². The van der Waals surface area contributed by atoms with E-state index in [-0.39, 0.29) is 0 Å².